The Bertz CT molecular complexity index is 1170. The molecule has 0 fully saturated rings. The second kappa shape index (κ2) is 11.2. The second-order valence-electron chi connectivity index (χ2n) is 8.09. The molecule has 34 heavy (non-hydrogen) atoms. The normalized spacial score (nSPS) is 10.7. The van der Waals surface area contributed by atoms with Crippen molar-refractivity contribution < 1.29 is 14.3 Å². The summed E-state index contributed by atoms with van der Waals surface area (Å²) in [6, 6.07) is 33.1. The molecule has 0 radical (unpaired) electrons. The molecular formula is C30H29NO3. The van der Waals surface area contributed by atoms with Crippen molar-refractivity contribution >= 4 is 5.91 Å². The number of hydrogen-bond acceptors (Lipinski definition) is 3. The minimum Gasteiger partial charge on any atom is -0.493 e. The van der Waals surface area contributed by atoms with E-state index in [1.54, 1.807) is 6.07 Å². The third kappa shape index (κ3) is 5.84. The lowest BCUT2D eigenvalue weighted by Gasteiger charge is -2.20. The molecule has 0 aliphatic carbocycles. The minimum absolute atomic E-state index is 0.155. The molecule has 4 nitrogen and oxygen atoms in total. The van der Waals surface area contributed by atoms with Gasteiger partial charge in [0.15, 0.2) is 0 Å². The maximum Gasteiger partial charge on any atom is 0.252 e. The molecule has 0 unspecified atom stereocenters. The van der Waals surface area contributed by atoms with Gasteiger partial charge in [-0.05, 0) is 55.3 Å². The van der Waals surface area contributed by atoms with Crippen molar-refractivity contribution in [3.8, 4) is 11.5 Å². The topological polar surface area (TPSA) is 47.6 Å². The first-order chi connectivity index (χ1) is 16.6. The number of nitrogens with one attached hydrogen (secondary N) is 1. The zero-order chi connectivity index (χ0) is 23.8. The zero-order valence-corrected chi connectivity index (χ0v) is 19.5. The summed E-state index contributed by atoms with van der Waals surface area (Å²) in [5, 5.41) is 3.20. The molecule has 0 spiro atoms. The van der Waals surface area contributed by atoms with Crippen LogP contribution in [0.15, 0.2) is 103 Å². The van der Waals surface area contributed by atoms with Crippen LogP contribution in [-0.2, 0) is 6.61 Å². The SMILES string of the molecule is CCOc1ccc(C(=O)NC(c2ccccc2)c2ccccc2)cc1COc1ccc(C)cc1. The van der Waals surface area contributed by atoms with Gasteiger partial charge < -0.3 is 14.8 Å². The van der Waals surface area contributed by atoms with E-state index in [4.69, 9.17) is 9.47 Å². The molecular weight excluding hydrogens is 422 g/mol. The smallest absolute Gasteiger partial charge is 0.252 e. The van der Waals surface area contributed by atoms with Crippen molar-refractivity contribution in [2.45, 2.75) is 26.5 Å². The van der Waals surface area contributed by atoms with E-state index >= 15 is 0 Å². The van der Waals surface area contributed by atoms with Crippen LogP contribution in [0.25, 0.3) is 0 Å². The predicted molar refractivity (Wildman–Crippen MR) is 135 cm³/mol. The average molecular weight is 452 g/mol. The van der Waals surface area contributed by atoms with E-state index in [-0.39, 0.29) is 11.9 Å². The van der Waals surface area contributed by atoms with E-state index in [2.05, 4.69) is 5.32 Å². The molecule has 0 saturated carbocycles. The molecule has 0 aliphatic heterocycles. The largest absolute Gasteiger partial charge is 0.493 e. The van der Waals surface area contributed by atoms with Gasteiger partial charge in [-0.1, -0.05) is 78.4 Å². The lowest BCUT2D eigenvalue weighted by molar-refractivity contribution is 0.0942. The lowest BCUT2D eigenvalue weighted by Crippen LogP contribution is -2.29. The van der Waals surface area contributed by atoms with Gasteiger partial charge in [0.2, 0.25) is 0 Å². The van der Waals surface area contributed by atoms with Crippen molar-refractivity contribution in [1.29, 1.82) is 0 Å². The van der Waals surface area contributed by atoms with Crippen molar-refractivity contribution in [3.63, 3.8) is 0 Å². The average Bonchev–Trinajstić information content (AvgIpc) is 2.88. The van der Waals surface area contributed by atoms with Gasteiger partial charge in [-0.2, -0.15) is 0 Å². The number of amides is 1. The number of ether oxygens (including phenoxy) is 2. The Morgan fingerprint density at radius 1 is 0.794 bits per heavy atom. The van der Waals surface area contributed by atoms with E-state index in [0.29, 0.717) is 24.5 Å². The molecule has 0 aliphatic rings. The summed E-state index contributed by atoms with van der Waals surface area (Å²) < 4.78 is 11.8. The Kier molecular flexibility index (Phi) is 7.61. The number of benzene rings is 4. The highest BCUT2D eigenvalue weighted by Crippen LogP contribution is 2.25. The maximum absolute atomic E-state index is 13.3. The van der Waals surface area contributed by atoms with Crippen LogP contribution in [0.1, 0.15) is 45.6 Å². The number of hydrogen-bond donors (Lipinski definition) is 1. The number of carbonyl (C=O) groups excluding carboxylic acids is 1. The predicted octanol–water partition coefficient (Wildman–Crippen LogP) is 6.49. The fourth-order valence-corrected chi connectivity index (χ4v) is 3.79. The molecule has 0 bridgehead atoms. The van der Waals surface area contributed by atoms with Crippen molar-refractivity contribution in [3.05, 3.63) is 131 Å². The van der Waals surface area contributed by atoms with Crippen LogP contribution in [-0.4, -0.2) is 12.5 Å². The van der Waals surface area contributed by atoms with Crippen LogP contribution in [0, 0.1) is 6.92 Å². The molecule has 4 heteroatoms. The van der Waals surface area contributed by atoms with Crippen LogP contribution in [0.4, 0.5) is 0 Å². The molecule has 4 aromatic rings. The standard InChI is InChI=1S/C30H29NO3/c1-3-33-28-19-16-25(20-26(28)21-34-27-17-14-22(2)15-18-27)30(32)31-29(23-10-6-4-7-11-23)24-12-8-5-9-13-24/h4-20,29H,3,21H2,1-2H3,(H,31,32). The highest BCUT2D eigenvalue weighted by atomic mass is 16.5. The Hall–Kier alpha value is -4.05. The summed E-state index contributed by atoms with van der Waals surface area (Å²) >= 11 is 0. The Morgan fingerprint density at radius 2 is 1.41 bits per heavy atom. The highest BCUT2D eigenvalue weighted by molar-refractivity contribution is 5.95. The first-order valence-corrected chi connectivity index (χ1v) is 11.5. The van der Waals surface area contributed by atoms with Crippen LogP contribution >= 0.6 is 0 Å². The van der Waals surface area contributed by atoms with Crippen LogP contribution in [0.2, 0.25) is 0 Å². The lowest BCUT2D eigenvalue weighted by atomic mass is 9.98. The summed E-state index contributed by atoms with van der Waals surface area (Å²) in [6.07, 6.45) is 0. The van der Waals surface area contributed by atoms with E-state index in [1.165, 1.54) is 5.56 Å². The van der Waals surface area contributed by atoms with Gasteiger partial charge in [-0.15, -0.1) is 0 Å². The Labute approximate surface area is 201 Å². The zero-order valence-electron chi connectivity index (χ0n) is 19.5. The van der Waals surface area contributed by atoms with E-state index in [9.17, 15) is 4.79 Å². The van der Waals surface area contributed by atoms with E-state index < -0.39 is 0 Å². The Morgan fingerprint density at radius 3 is 2.00 bits per heavy atom. The summed E-state index contributed by atoms with van der Waals surface area (Å²) in [5.41, 5.74) is 4.60. The summed E-state index contributed by atoms with van der Waals surface area (Å²) in [6.45, 7) is 4.82. The molecule has 0 atom stereocenters. The van der Waals surface area contributed by atoms with Gasteiger partial charge in [-0.3, -0.25) is 4.79 Å². The molecule has 0 saturated heterocycles. The summed E-state index contributed by atoms with van der Waals surface area (Å²) in [5.74, 6) is 1.34. The van der Waals surface area contributed by atoms with E-state index in [0.717, 1.165) is 22.4 Å². The first-order valence-electron chi connectivity index (χ1n) is 11.5. The summed E-state index contributed by atoms with van der Waals surface area (Å²) in [7, 11) is 0. The quantitative estimate of drug-likeness (QED) is 0.316. The van der Waals surface area contributed by atoms with Gasteiger partial charge in [0.25, 0.3) is 5.91 Å². The fourth-order valence-electron chi connectivity index (χ4n) is 3.79. The van der Waals surface area contributed by atoms with Gasteiger partial charge in [0.05, 0.1) is 12.6 Å². The molecule has 1 amide bonds. The first kappa shape index (κ1) is 23.1. The number of carbonyl (C=O) groups is 1. The molecule has 4 rings (SSSR count). The summed E-state index contributed by atoms with van der Waals surface area (Å²) in [4.78, 5) is 13.3. The monoisotopic (exact) mass is 451 g/mol. The van der Waals surface area contributed by atoms with Crippen molar-refractivity contribution in [2.75, 3.05) is 6.61 Å². The van der Waals surface area contributed by atoms with Crippen molar-refractivity contribution in [1.82, 2.24) is 5.32 Å². The van der Waals surface area contributed by atoms with Crippen molar-refractivity contribution in [2.24, 2.45) is 0 Å². The second-order valence-corrected chi connectivity index (χ2v) is 8.09. The fraction of sp³-hybridized carbons (Fsp3) is 0.167. The maximum atomic E-state index is 13.3. The molecule has 1 N–H and O–H groups in total. The molecule has 4 aromatic carbocycles. The van der Waals surface area contributed by atoms with Gasteiger partial charge >= 0.3 is 0 Å². The van der Waals surface area contributed by atoms with E-state index in [1.807, 2.05) is 111 Å². The van der Waals surface area contributed by atoms with Gasteiger partial charge in [0, 0.05) is 11.1 Å². The molecule has 0 heterocycles. The van der Waals surface area contributed by atoms with Crippen LogP contribution < -0.4 is 14.8 Å². The molecule has 0 aromatic heterocycles. The van der Waals surface area contributed by atoms with Gasteiger partial charge in [-0.25, -0.2) is 0 Å². The van der Waals surface area contributed by atoms with Crippen LogP contribution in [0.3, 0.4) is 0 Å². The number of aryl methyl sites for hydroxylation is 1. The highest BCUT2D eigenvalue weighted by Gasteiger charge is 2.19. The Balaban J connectivity index is 1.57. The van der Waals surface area contributed by atoms with Gasteiger partial charge in [0.1, 0.15) is 18.1 Å². The minimum atomic E-state index is -0.256. The number of rotatable bonds is 9. The third-order valence-corrected chi connectivity index (χ3v) is 5.58. The molecule has 172 valence electrons. The van der Waals surface area contributed by atoms with Crippen LogP contribution in [0.5, 0.6) is 11.5 Å². The third-order valence-electron chi connectivity index (χ3n) is 5.58.